The van der Waals surface area contributed by atoms with Crippen LogP contribution in [0.3, 0.4) is 0 Å². The summed E-state index contributed by atoms with van der Waals surface area (Å²) < 4.78 is 42.8. The smallest absolute Gasteiger partial charge is 0.244 e. The molecule has 2 fully saturated rings. The molecule has 0 radical (unpaired) electrons. The van der Waals surface area contributed by atoms with Gasteiger partial charge in [-0.1, -0.05) is 6.07 Å². The molecular formula is C25H26F2N6O2. The van der Waals surface area contributed by atoms with Crippen LogP contribution in [-0.4, -0.2) is 75.6 Å². The van der Waals surface area contributed by atoms with Gasteiger partial charge >= 0.3 is 0 Å². The predicted molar refractivity (Wildman–Crippen MR) is 128 cm³/mol. The second kappa shape index (κ2) is 8.39. The first-order valence-electron chi connectivity index (χ1n) is 11.7. The van der Waals surface area contributed by atoms with Crippen LogP contribution in [0.15, 0.2) is 42.7 Å². The van der Waals surface area contributed by atoms with Crippen LogP contribution in [0.4, 0.5) is 14.7 Å². The number of piperidine rings is 1. The van der Waals surface area contributed by atoms with Crippen LogP contribution in [-0.2, 0) is 4.74 Å². The number of hydrogen-bond acceptors (Lipinski definition) is 7. The summed E-state index contributed by atoms with van der Waals surface area (Å²) in [6.45, 7) is 4.05. The molecular weight excluding hydrogens is 454 g/mol. The van der Waals surface area contributed by atoms with E-state index in [4.69, 9.17) is 9.47 Å². The fraction of sp³-hybridized carbons (Fsp3) is 0.400. The Morgan fingerprint density at radius 1 is 1.26 bits per heavy atom. The van der Waals surface area contributed by atoms with Crippen molar-refractivity contribution in [2.24, 2.45) is 0 Å². The number of aromatic nitrogens is 4. The quantitative estimate of drug-likeness (QED) is 0.467. The summed E-state index contributed by atoms with van der Waals surface area (Å²) in [5, 5.41) is 8.45. The number of methoxy groups -OCH3 is 1. The highest BCUT2D eigenvalue weighted by Gasteiger charge is 2.43. The summed E-state index contributed by atoms with van der Waals surface area (Å²) >= 11 is 0. The van der Waals surface area contributed by atoms with E-state index in [1.165, 1.54) is 13.2 Å². The van der Waals surface area contributed by atoms with Gasteiger partial charge in [-0.15, -0.1) is 5.10 Å². The van der Waals surface area contributed by atoms with E-state index in [-0.39, 0.29) is 5.95 Å². The molecule has 2 aliphatic rings. The van der Waals surface area contributed by atoms with E-state index in [0.717, 1.165) is 12.1 Å². The predicted octanol–water partition coefficient (Wildman–Crippen LogP) is 3.71. The number of alkyl halides is 1. The van der Waals surface area contributed by atoms with Crippen molar-refractivity contribution in [3.05, 3.63) is 48.5 Å². The van der Waals surface area contributed by atoms with Crippen LogP contribution in [0.5, 0.6) is 5.88 Å². The third kappa shape index (κ3) is 3.86. The first-order chi connectivity index (χ1) is 16.9. The Bertz CT molecular complexity index is 1400. The van der Waals surface area contributed by atoms with Crippen molar-refractivity contribution in [2.75, 3.05) is 38.7 Å². The molecule has 0 bridgehead atoms. The second-order valence-corrected chi connectivity index (χ2v) is 9.43. The molecule has 0 amide bonds. The number of anilines is 1. The van der Waals surface area contributed by atoms with Crippen LogP contribution in [0.1, 0.15) is 13.3 Å². The van der Waals surface area contributed by atoms with E-state index in [1.54, 1.807) is 29.9 Å². The molecule has 0 spiro atoms. The molecule has 10 heteroatoms. The van der Waals surface area contributed by atoms with E-state index in [1.807, 2.05) is 18.2 Å². The van der Waals surface area contributed by atoms with Crippen molar-refractivity contribution in [3.63, 3.8) is 0 Å². The Kier molecular flexibility index (Phi) is 5.30. The molecule has 2 atom stereocenters. The standard InChI is InChI=1S/C25H26F2N6O2/c1-25(27)14-32(17-12-35-13-17)8-6-20(25)29-24-30-23(34-2)22-18(5-9-33(22)31-24)16-10-15-4-3-7-28-21(15)19(26)11-16/h3-5,7,9-11,17,20H,6,8,12-14H2,1-2H3,(H,29,31)/t20-,25?/m1/s1. The second-order valence-electron chi connectivity index (χ2n) is 9.43. The number of pyridine rings is 1. The number of ether oxygens (including phenoxy) is 2. The zero-order chi connectivity index (χ0) is 24.2. The minimum absolute atomic E-state index is 0.277. The summed E-state index contributed by atoms with van der Waals surface area (Å²) in [5.41, 5.74) is 0.849. The normalized spacial score (nSPS) is 23.5. The number of likely N-dealkylation sites (tertiary alicyclic amines) is 1. The Labute approximate surface area is 200 Å². The van der Waals surface area contributed by atoms with Crippen LogP contribution >= 0.6 is 0 Å². The van der Waals surface area contributed by atoms with Crippen LogP contribution in [0.25, 0.3) is 27.5 Å². The number of fused-ring (bicyclic) bond motifs is 2. The highest BCUT2D eigenvalue weighted by molar-refractivity contribution is 5.91. The Balaban J connectivity index is 1.32. The number of benzene rings is 1. The molecule has 2 aliphatic heterocycles. The van der Waals surface area contributed by atoms with E-state index >= 15 is 4.39 Å². The molecule has 5 heterocycles. The first-order valence-corrected chi connectivity index (χ1v) is 11.7. The fourth-order valence-electron chi connectivity index (χ4n) is 5.04. The van der Waals surface area contributed by atoms with Gasteiger partial charge in [-0.05, 0) is 43.2 Å². The molecule has 1 aromatic carbocycles. The van der Waals surface area contributed by atoms with Crippen molar-refractivity contribution in [3.8, 4) is 17.0 Å². The van der Waals surface area contributed by atoms with E-state index in [2.05, 4.69) is 25.3 Å². The van der Waals surface area contributed by atoms with Gasteiger partial charge in [-0.2, -0.15) is 4.98 Å². The van der Waals surface area contributed by atoms with Gasteiger partial charge in [0.1, 0.15) is 22.5 Å². The van der Waals surface area contributed by atoms with Crippen LogP contribution in [0, 0.1) is 5.82 Å². The zero-order valence-electron chi connectivity index (χ0n) is 19.5. The van der Waals surface area contributed by atoms with Crippen molar-refractivity contribution in [2.45, 2.75) is 31.1 Å². The molecule has 2 saturated heterocycles. The third-order valence-corrected chi connectivity index (χ3v) is 7.03. The number of hydrogen-bond donors (Lipinski definition) is 1. The largest absolute Gasteiger partial charge is 0.479 e. The minimum Gasteiger partial charge on any atom is -0.479 e. The topological polar surface area (TPSA) is 76.8 Å². The Hall–Kier alpha value is -3.37. The lowest BCUT2D eigenvalue weighted by Crippen LogP contribution is -2.61. The van der Waals surface area contributed by atoms with Gasteiger partial charge in [0, 0.05) is 36.4 Å². The van der Waals surface area contributed by atoms with Crippen molar-refractivity contribution in [1.82, 2.24) is 24.5 Å². The van der Waals surface area contributed by atoms with Gasteiger partial charge in [-0.3, -0.25) is 9.88 Å². The Morgan fingerprint density at radius 3 is 2.86 bits per heavy atom. The van der Waals surface area contributed by atoms with Crippen LogP contribution in [0.2, 0.25) is 0 Å². The van der Waals surface area contributed by atoms with Gasteiger partial charge in [0.2, 0.25) is 11.8 Å². The van der Waals surface area contributed by atoms with Crippen LogP contribution < -0.4 is 10.1 Å². The molecule has 182 valence electrons. The monoisotopic (exact) mass is 480 g/mol. The molecule has 0 aliphatic carbocycles. The van der Waals surface area contributed by atoms with Gasteiger partial charge in [0.05, 0.1) is 32.4 Å². The van der Waals surface area contributed by atoms with Crippen molar-refractivity contribution >= 4 is 22.4 Å². The summed E-state index contributed by atoms with van der Waals surface area (Å²) in [6, 6.07) is 8.61. The van der Waals surface area contributed by atoms with Gasteiger partial charge in [0.25, 0.3) is 0 Å². The van der Waals surface area contributed by atoms with E-state index in [9.17, 15) is 4.39 Å². The maximum atomic E-state index is 15.6. The lowest BCUT2D eigenvalue weighted by atomic mass is 9.89. The summed E-state index contributed by atoms with van der Waals surface area (Å²) in [4.78, 5) is 10.8. The SMILES string of the molecule is COc1nc(N[C@@H]2CCN(C3COC3)CC2(C)F)nn2ccc(-c3cc(F)c4ncccc4c3)c12. The lowest BCUT2D eigenvalue weighted by molar-refractivity contribution is -0.0924. The maximum Gasteiger partial charge on any atom is 0.244 e. The van der Waals surface area contributed by atoms with Gasteiger partial charge < -0.3 is 14.8 Å². The van der Waals surface area contributed by atoms with E-state index in [0.29, 0.717) is 60.1 Å². The summed E-state index contributed by atoms with van der Waals surface area (Å²) in [6.07, 6.45) is 3.95. The lowest BCUT2D eigenvalue weighted by Gasteiger charge is -2.46. The molecule has 0 saturated carbocycles. The molecule has 3 aromatic heterocycles. The average molecular weight is 481 g/mol. The van der Waals surface area contributed by atoms with Gasteiger partial charge in [-0.25, -0.2) is 13.3 Å². The highest BCUT2D eigenvalue weighted by atomic mass is 19.1. The molecule has 4 aromatic rings. The van der Waals surface area contributed by atoms with Crippen molar-refractivity contribution < 1.29 is 18.3 Å². The Morgan fingerprint density at radius 2 is 2.11 bits per heavy atom. The average Bonchev–Trinajstić information content (AvgIpc) is 3.23. The fourth-order valence-corrected chi connectivity index (χ4v) is 5.04. The number of rotatable bonds is 5. The number of halogens is 2. The zero-order valence-corrected chi connectivity index (χ0v) is 19.5. The molecule has 1 N–H and O–H groups in total. The van der Waals surface area contributed by atoms with Gasteiger partial charge in [0.15, 0.2) is 0 Å². The van der Waals surface area contributed by atoms with E-state index < -0.39 is 17.5 Å². The maximum absolute atomic E-state index is 15.6. The molecule has 1 unspecified atom stereocenters. The first kappa shape index (κ1) is 22.1. The molecule has 35 heavy (non-hydrogen) atoms. The number of nitrogens with one attached hydrogen (secondary N) is 1. The van der Waals surface area contributed by atoms with Crippen molar-refractivity contribution in [1.29, 1.82) is 0 Å². The molecule has 8 nitrogen and oxygen atoms in total. The minimum atomic E-state index is -1.46. The summed E-state index contributed by atoms with van der Waals surface area (Å²) in [5.74, 6) is 0.191. The summed E-state index contributed by atoms with van der Waals surface area (Å²) in [7, 11) is 1.52. The molecule has 6 rings (SSSR count). The highest BCUT2D eigenvalue weighted by Crippen LogP contribution is 2.35. The third-order valence-electron chi connectivity index (χ3n) is 7.03. The number of nitrogens with zero attached hydrogens (tertiary/aromatic N) is 5.